The van der Waals surface area contributed by atoms with Crippen molar-refractivity contribution in [1.82, 2.24) is 10.9 Å². The van der Waals surface area contributed by atoms with Gasteiger partial charge >= 0.3 is 5.63 Å². The quantitative estimate of drug-likeness (QED) is 0.432. The number of ether oxygens (including phenoxy) is 1. The Morgan fingerprint density at radius 3 is 2.67 bits per heavy atom. The van der Waals surface area contributed by atoms with Gasteiger partial charge in [0.1, 0.15) is 11.3 Å². The summed E-state index contributed by atoms with van der Waals surface area (Å²) >= 11 is 1.51. The summed E-state index contributed by atoms with van der Waals surface area (Å²) in [6.45, 7) is 1.84. The molecule has 0 saturated heterocycles. The third-order valence-electron chi connectivity index (χ3n) is 6.13. The Labute approximate surface area is 196 Å². The van der Waals surface area contributed by atoms with Crippen LogP contribution < -0.4 is 21.2 Å². The molecule has 1 aliphatic rings. The average Bonchev–Trinajstić information content (AvgIpc) is 3.18. The second-order valence-corrected chi connectivity index (χ2v) is 9.47. The van der Waals surface area contributed by atoms with Crippen molar-refractivity contribution < 1.29 is 18.7 Å². The number of benzene rings is 1. The smallest absolute Gasteiger partial charge is 0.339 e. The lowest BCUT2D eigenvalue weighted by molar-refractivity contribution is -0.121. The molecule has 2 N–H and O–H groups in total. The number of hydrazine groups is 1. The van der Waals surface area contributed by atoms with Gasteiger partial charge in [0.15, 0.2) is 0 Å². The van der Waals surface area contributed by atoms with E-state index < -0.39 is 5.63 Å². The molecule has 0 bridgehead atoms. The van der Waals surface area contributed by atoms with Crippen LogP contribution in [0.15, 0.2) is 33.5 Å². The number of hydrogen-bond donors (Lipinski definition) is 2. The van der Waals surface area contributed by atoms with Crippen LogP contribution in [-0.4, -0.2) is 18.9 Å². The minimum absolute atomic E-state index is 0.0501. The van der Waals surface area contributed by atoms with E-state index in [1.165, 1.54) is 34.6 Å². The fourth-order valence-electron chi connectivity index (χ4n) is 4.24. The first-order chi connectivity index (χ1) is 16.0. The molecule has 1 aromatic carbocycles. The van der Waals surface area contributed by atoms with E-state index in [1.807, 2.05) is 19.1 Å². The molecule has 1 aliphatic carbocycles. The van der Waals surface area contributed by atoms with Crippen molar-refractivity contribution in [2.75, 3.05) is 7.11 Å². The van der Waals surface area contributed by atoms with Gasteiger partial charge < -0.3 is 9.15 Å². The zero-order valence-corrected chi connectivity index (χ0v) is 19.7. The Morgan fingerprint density at radius 1 is 1.09 bits per heavy atom. The number of carbonyl (C=O) groups excluding carboxylic acids is 2. The molecule has 33 heavy (non-hydrogen) atoms. The first-order valence-corrected chi connectivity index (χ1v) is 12.1. The lowest BCUT2D eigenvalue weighted by Gasteiger charge is -2.09. The van der Waals surface area contributed by atoms with E-state index in [1.54, 1.807) is 19.2 Å². The second-order valence-electron chi connectivity index (χ2n) is 8.33. The van der Waals surface area contributed by atoms with Crippen LogP contribution in [0.2, 0.25) is 0 Å². The van der Waals surface area contributed by atoms with Gasteiger partial charge in [-0.05, 0) is 68.4 Å². The minimum atomic E-state index is -0.471. The van der Waals surface area contributed by atoms with Crippen LogP contribution in [0.4, 0.5) is 0 Å². The predicted molar refractivity (Wildman–Crippen MR) is 128 cm³/mol. The normalized spacial score (nSPS) is 13.6. The number of aryl methyl sites for hydroxylation is 3. The Hall–Kier alpha value is -3.13. The molecule has 8 heteroatoms. The zero-order chi connectivity index (χ0) is 23.4. The molecule has 0 atom stereocenters. The number of rotatable bonds is 5. The Bertz CT molecular complexity index is 1220. The van der Waals surface area contributed by atoms with Gasteiger partial charge in [0.2, 0.25) is 5.91 Å². The van der Waals surface area contributed by atoms with E-state index in [4.69, 9.17) is 9.15 Å². The highest BCUT2D eigenvalue weighted by atomic mass is 32.1. The molecule has 0 fully saturated rings. The van der Waals surface area contributed by atoms with Gasteiger partial charge in [-0.3, -0.25) is 20.4 Å². The molecule has 0 aliphatic heterocycles. The average molecular weight is 469 g/mol. The van der Waals surface area contributed by atoms with Crippen molar-refractivity contribution in [2.24, 2.45) is 0 Å². The molecule has 2 amide bonds. The molecular weight excluding hydrogens is 440 g/mol. The number of hydrogen-bond acceptors (Lipinski definition) is 6. The van der Waals surface area contributed by atoms with Gasteiger partial charge in [-0.1, -0.05) is 12.8 Å². The van der Waals surface area contributed by atoms with Crippen LogP contribution in [0.25, 0.3) is 11.0 Å². The van der Waals surface area contributed by atoms with E-state index in [2.05, 4.69) is 10.9 Å². The standard InChI is InChI=1S/C25H28N2O5S/c1-15-18-10-9-17(31-2)14-20(18)32-25(30)19(15)11-12-23(28)26-27-24(29)22-13-16-7-5-3-4-6-8-21(16)33-22/h9-10,13-14H,3-8,11-12H2,1-2H3,(H,26,28)(H,27,29). The van der Waals surface area contributed by atoms with Crippen molar-refractivity contribution in [3.63, 3.8) is 0 Å². The second kappa shape index (κ2) is 10.2. The summed E-state index contributed by atoms with van der Waals surface area (Å²) in [7, 11) is 1.55. The number of nitrogens with one attached hydrogen (secondary N) is 2. The number of carbonyl (C=O) groups is 2. The molecule has 0 saturated carbocycles. The summed E-state index contributed by atoms with van der Waals surface area (Å²) in [6, 6.07) is 7.25. The number of thiophene rings is 1. The van der Waals surface area contributed by atoms with Gasteiger partial charge in [0.05, 0.1) is 12.0 Å². The summed E-state index contributed by atoms with van der Waals surface area (Å²) in [5.41, 5.74) is 7.43. The lowest BCUT2D eigenvalue weighted by Crippen LogP contribution is -2.41. The zero-order valence-electron chi connectivity index (χ0n) is 18.9. The predicted octanol–water partition coefficient (Wildman–Crippen LogP) is 4.22. The Balaban J connectivity index is 1.36. The van der Waals surface area contributed by atoms with Crippen molar-refractivity contribution in [3.8, 4) is 5.75 Å². The molecule has 4 rings (SSSR count). The van der Waals surface area contributed by atoms with E-state index in [0.717, 1.165) is 36.6 Å². The molecule has 174 valence electrons. The minimum Gasteiger partial charge on any atom is -0.497 e. The molecule has 0 unspecified atom stereocenters. The maximum atomic E-state index is 12.5. The highest BCUT2D eigenvalue weighted by Crippen LogP contribution is 2.28. The summed E-state index contributed by atoms with van der Waals surface area (Å²) < 4.78 is 10.6. The first kappa shape index (κ1) is 23.0. The maximum Gasteiger partial charge on any atom is 0.339 e. The van der Waals surface area contributed by atoms with Crippen LogP contribution in [0.1, 0.15) is 63.3 Å². The molecule has 0 spiro atoms. The molecule has 7 nitrogen and oxygen atoms in total. The van der Waals surface area contributed by atoms with Gasteiger partial charge in [0.25, 0.3) is 5.91 Å². The van der Waals surface area contributed by atoms with Crippen LogP contribution in [0.3, 0.4) is 0 Å². The number of methoxy groups -OCH3 is 1. The van der Waals surface area contributed by atoms with Crippen molar-refractivity contribution in [3.05, 3.63) is 61.1 Å². The van der Waals surface area contributed by atoms with Crippen LogP contribution in [-0.2, 0) is 24.1 Å². The molecule has 2 heterocycles. The molecule has 3 aromatic rings. The van der Waals surface area contributed by atoms with Gasteiger partial charge in [-0.15, -0.1) is 11.3 Å². The fraction of sp³-hybridized carbons (Fsp3) is 0.400. The van der Waals surface area contributed by atoms with E-state index in [9.17, 15) is 14.4 Å². The molecular formula is C25H28N2O5S. The van der Waals surface area contributed by atoms with Crippen LogP contribution >= 0.6 is 11.3 Å². The van der Waals surface area contributed by atoms with E-state index in [0.29, 0.717) is 21.8 Å². The fourth-order valence-corrected chi connectivity index (χ4v) is 5.38. The van der Waals surface area contributed by atoms with Crippen molar-refractivity contribution >= 4 is 34.1 Å². The van der Waals surface area contributed by atoms with Gasteiger partial charge in [-0.25, -0.2) is 4.79 Å². The van der Waals surface area contributed by atoms with Crippen molar-refractivity contribution in [1.29, 1.82) is 0 Å². The summed E-state index contributed by atoms with van der Waals surface area (Å²) in [5.74, 6) is -0.0760. The Morgan fingerprint density at radius 2 is 1.88 bits per heavy atom. The largest absolute Gasteiger partial charge is 0.497 e. The van der Waals surface area contributed by atoms with Crippen LogP contribution in [0.5, 0.6) is 5.75 Å². The van der Waals surface area contributed by atoms with Gasteiger partial charge in [0, 0.05) is 28.3 Å². The Kier molecular flexibility index (Phi) is 7.13. The summed E-state index contributed by atoms with van der Waals surface area (Å²) in [4.78, 5) is 39.2. The van der Waals surface area contributed by atoms with Gasteiger partial charge in [-0.2, -0.15) is 0 Å². The molecule has 0 radical (unpaired) electrons. The summed E-state index contributed by atoms with van der Waals surface area (Å²) in [6.07, 6.45) is 7.05. The van der Waals surface area contributed by atoms with Crippen molar-refractivity contribution in [2.45, 2.75) is 58.3 Å². The third kappa shape index (κ3) is 5.27. The first-order valence-electron chi connectivity index (χ1n) is 11.3. The SMILES string of the molecule is COc1ccc2c(C)c(CCC(=O)NNC(=O)c3cc4c(s3)CCCCCC4)c(=O)oc2c1. The number of fused-ring (bicyclic) bond motifs is 2. The molecule has 2 aromatic heterocycles. The highest BCUT2D eigenvalue weighted by Gasteiger charge is 2.17. The number of amides is 2. The van der Waals surface area contributed by atoms with E-state index in [-0.39, 0.29) is 24.7 Å². The monoisotopic (exact) mass is 468 g/mol. The van der Waals surface area contributed by atoms with Crippen LogP contribution in [0, 0.1) is 6.92 Å². The highest BCUT2D eigenvalue weighted by molar-refractivity contribution is 7.14. The lowest BCUT2D eigenvalue weighted by atomic mass is 10.00. The topological polar surface area (TPSA) is 97.6 Å². The maximum absolute atomic E-state index is 12.5. The van der Waals surface area contributed by atoms with E-state index >= 15 is 0 Å². The third-order valence-corrected chi connectivity index (χ3v) is 7.37. The summed E-state index contributed by atoms with van der Waals surface area (Å²) in [5, 5.41) is 0.798.